The number of aromatic nitrogens is 3. The molecule has 5 rings (SSSR count). The van der Waals surface area contributed by atoms with E-state index < -0.39 is 6.04 Å². The molecule has 0 amide bonds. The molecule has 1 N–H and O–H groups in total. The summed E-state index contributed by atoms with van der Waals surface area (Å²) in [6.45, 7) is 1.79. The zero-order chi connectivity index (χ0) is 18.5. The van der Waals surface area contributed by atoms with Gasteiger partial charge in [-0.3, -0.25) is 4.79 Å². The Morgan fingerprint density at radius 1 is 1.26 bits per heavy atom. The predicted octanol–water partition coefficient (Wildman–Crippen LogP) is 3.73. The topological polar surface area (TPSA) is 73.0 Å². The Labute approximate surface area is 154 Å². The van der Waals surface area contributed by atoms with Crippen LogP contribution >= 0.6 is 0 Å². The number of halogens is 1. The van der Waals surface area contributed by atoms with Crippen LogP contribution in [0.15, 0.2) is 58.3 Å². The van der Waals surface area contributed by atoms with Gasteiger partial charge >= 0.3 is 0 Å². The minimum absolute atomic E-state index is 0.0122. The van der Waals surface area contributed by atoms with Crippen molar-refractivity contribution in [2.24, 2.45) is 0 Å². The molecule has 136 valence electrons. The number of allylic oxidation sites excluding steroid dienone is 2. The first-order valence-corrected chi connectivity index (χ1v) is 8.85. The third kappa shape index (κ3) is 2.58. The molecule has 2 aliphatic rings. The standard InChI is InChI=1S/C20H17FN4O2/c1-11-22-20-23-15-9-13(17-6-3-7-27-17)10-16(26)18(15)19(25(20)24-11)12-4-2-5-14(21)8-12/h2-8,13,19H,9-10H2,1H3,(H,22,23,24)/t13-,19+/m0/s1. The van der Waals surface area contributed by atoms with E-state index >= 15 is 0 Å². The molecular formula is C20H17FN4O2. The molecular weight excluding hydrogens is 347 g/mol. The molecule has 27 heavy (non-hydrogen) atoms. The first-order chi connectivity index (χ1) is 13.1. The van der Waals surface area contributed by atoms with Gasteiger partial charge in [-0.2, -0.15) is 10.1 Å². The fourth-order valence-corrected chi connectivity index (χ4v) is 4.03. The number of hydrogen-bond acceptors (Lipinski definition) is 5. The van der Waals surface area contributed by atoms with Crippen LogP contribution in [0.4, 0.5) is 10.3 Å². The number of fused-ring (bicyclic) bond motifs is 1. The Morgan fingerprint density at radius 3 is 2.93 bits per heavy atom. The Bertz CT molecular complexity index is 1070. The van der Waals surface area contributed by atoms with E-state index in [2.05, 4.69) is 15.4 Å². The van der Waals surface area contributed by atoms with Crippen molar-refractivity contribution in [1.82, 2.24) is 14.8 Å². The molecule has 6 nitrogen and oxygen atoms in total. The van der Waals surface area contributed by atoms with Crippen LogP contribution in [-0.4, -0.2) is 20.5 Å². The van der Waals surface area contributed by atoms with Crippen molar-refractivity contribution >= 4 is 11.7 Å². The third-order valence-electron chi connectivity index (χ3n) is 5.14. The lowest BCUT2D eigenvalue weighted by atomic mass is 9.79. The van der Waals surface area contributed by atoms with Gasteiger partial charge in [0.25, 0.3) is 0 Å². The third-order valence-corrected chi connectivity index (χ3v) is 5.14. The number of carbonyl (C=O) groups is 1. The number of ketones is 1. The lowest BCUT2D eigenvalue weighted by Crippen LogP contribution is -2.33. The summed E-state index contributed by atoms with van der Waals surface area (Å²) in [7, 11) is 0. The summed E-state index contributed by atoms with van der Waals surface area (Å²) in [5.74, 6) is 1.59. The van der Waals surface area contributed by atoms with Gasteiger partial charge in [0.15, 0.2) is 5.78 Å². The van der Waals surface area contributed by atoms with E-state index in [-0.39, 0.29) is 17.5 Å². The number of nitrogens with zero attached hydrogens (tertiary/aromatic N) is 3. The van der Waals surface area contributed by atoms with Gasteiger partial charge in [0, 0.05) is 23.6 Å². The largest absolute Gasteiger partial charge is 0.469 e. The van der Waals surface area contributed by atoms with Crippen molar-refractivity contribution in [3.63, 3.8) is 0 Å². The molecule has 1 aromatic carbocycles. The molecule has 0 fully saturated rings. The van der Waals surface area contributed by atoms with E-state index in [1.807, 2.05) is 18.2 Å². The molecule has 0 saturated heterocycles. The fraction of sp³-hybridized carbons (Fsp3) is 0.250. The average Bonchev–Trinajstić information content (AvgIpc) is 3.28. The lowest BCUT2D eigenvalue weighted by Gasteiger charge is -2.34. The molecule has 0 bridgehead atoms. The number of nitrogens with one attached hydrogen (secondary N) is 1. The number of anilines is 1. The molecule has 3 aromatic rings. The quantitative estimate of drug-likeness (QED) is 0.750. The monoisotopic (exact) mass is 364 g/mol. The van der Waals surface area contributed by atoms with Crippen molar-refractivity contribution in [2.45, 2.75) is 31.7 Å². The van der Waals surface area contributed by atoms with Crippen molar-refractivity contribution in [2.75, 3.05) is 5.32 Å². The second-order valence-corrected chi connectivity index (χ2v) is 6.95. The van der Waals surface area contributed by atoms with Gasteiger partial charge in [0.2, 0.25) is 5.95 Å². The lowest BCUT2D eigenvalue weighted by molar-refractivity contribution is -0.117. The zero-order valence-corrected chi connectivity index (χ0v) is 14.6. The molecule has 0 unspecified atom stereocenters. The van der Waals surface area contributed by atoms with E-state index in [0.717, 1.165) is 11.5 Å². The minimum Gasteiger partial charge on any atom is -0.469 e. The number of furan rings is 1. The Hall–Kier alpha value is -3.22. The number of Topliss-reactive ketones (excluding diaryl/α,β-unsaturated/α-hetero) is 1. The number of rotatable bonds is 2. The van der Waals surface area contributed by atoms with Crippen LogP contribution in [0.3, 0.4) is 0 Å². The highest BCUT2D eigenvalue weighted by Crippen LogP contribution is 2.44. The molecule has 1 aliphatic carbocycles. The van der Waals surface area contributed by atoms with E-state index in [4.69, 9.17) is 4.42 Å². The van der Waals surface area contributed by atoms with Crippen molar-refractivity contribution in [3.05, 3.63) is 76.9 Å². The summed E-state index contributed by atoms with van der Waals surface area (Å²) in [5.41, 5.74) is 2.11. The maximum Gasteiger partial charge on any atom is 0.226 e. The average molecular weight is 364 g/mol. The first kappa shape index (κ1) is 16.0. The maximum absolute atomic E-state index is 13.9. The summed E-state index contributed by atoms with van der Waals surface area (Å²) in [4.78, 5) is 17.6. The molecule has 3 heterocycles. The number of carbonyl (C=O) groups excluding carboxylic acids is 1. The molecule has 2 aromatic heterocycles. The highest BCUT2D eigenvalue weighted by molar-refractivity contribution is 6.00. The van der Waals surface area contributed by atoms with Crippen molar-refractivity contribution < 1.29 is 13.6 Å². The summed E-state index contributed by atoms with van der Waals surface area (Å²) >= 11 is 0. The van der Waals surface area contributed by atoms with E-state index in [9.17, 15) is 9.18 Å². The maximum atomic E-state index is 13.9. The Morgan fingerprint density at radius 2 is 2.15 bits per heavy atom. The van der Waals surface area contributed by atoms with Gasteiger partial charge < -0.3 is 9.73 Å². The highest BCUT2D eigenvalue weighted by atomic mass is 19.1. The van der Waals surface area contributed by atoms with Gasteiger partial charge in [-0.25, -0.2) is 9.07 Å². The van der Waals surface area contributed by atoms with Crippen LogP contribution in [-0.2, 0) is 4.79 Å². The van der Waals surface area contributed by atoms with Crippen molar-refractivity contribution in [1.29, 1.82) is 0 Å². The summed E-state index contributed by atoms with van der Waals surface area (Å²) in [6, 6.07) is 9.54. The van der Waals surface area contributed by atoms with Gasteiger partial charge in [-0.05, 0) is 43.2 Å². The minimum atomic E-state index is -0.488. The number of hydrogen-bond donors (Lipinski definition) is 1. The van der Waals surface area contributed by atoms with Crippen LogP contribution in [0, 0.1) is 12.7 Å². The van der Waals surface area contributed by atoms with Gasteiger partial charge in [-0.15, -0.1) is 0 Å². The van der Waals surface area contributed by atoms with Gasteiger partial charge in [0.05, 0.1) is 6.26 Å². The zero-order valence-electron chi connectivity index (χ0n) is 14.6. The first-order valence-electron chi connectivity index (χ1n) is 8.85. The fourth-order valence-electron chi connectivity index (χ4n) is 4.03. The molecule has 0 saturated carbocycles. The second-order valence-electron chi connectivity index (χ2n) is 6.95. The molecule has 1 aliphatic heterocycles. The van der Waals surface area contributed by atoms with E-state index in [1.54, 1.807) is 23.9 Å². The van der Waals surface area contributed by atoms with Crippen LogP contribution in [0.5, 0.6) is 0 Å². The smallest absolute Gasteiger partial charge is 0.226 e. The normalized spacial score (nSPS) is 21.6. The molecule has 2 atom stereocenters. The van der Waals surface area contributed by atoms with Crippen LogP contribution in [0.2, 0.25) is 0 Å². The Balaban J connectivity index is 1.65. The highest BCUT2D eigenvalue weighted by Gasteiger charge is 2.40. The molecule has 0 spiro atoms. The van der Waals surface area contributed by atoms with Gasteiger partial charge in [-0.1, -0.05) is 12.1 Å². The van der Waals surface area contributed by atoms with Gasteiger partial charge in [0.1, 0.15) is 23.4 Å². The molecule has 0 radical (unpaired) electrons. The SMILES string of the molecule is Cc1nc2n(n1)[C@H](c1cccc(F)c1)C1=C(C[C@H](c3ccco3)CC1=O)N2. The number of benzene rings is 1. The second kappa shape index (κ2) is 5.90. The summed E-state index contributed by atoms with van der Waals surface area (Å²) < 4.78 is 21.1. The van der Waals surface area contributed by atoms with E-state index in [1.165, 1.54) is 12.1 Å². The summed E-state index contributed by atoms with van der Waals surface area (Å²) in [5, 5.41) is 7.72. The number of aryl methyl sites for hydroxylation is 1. The van der Waals surface area contributed by atoms with Crippen LogP contribution in [0.1, 0.15) is 41.9 Å². The molecule has 7 heteroatoms. The van der Waals surface area contributed by atoms with Crippen LogP contribution in [0.25, 0.3) is 0 Å². The van der Waals surface area contributed by atoms with Crippen LogP contribution < -0.4 is 5.32 Å². The van der Waals surface area contributed by atoms with E-state index in [0.29, 0.717) is 35.8 Å². The summed E-state index contributed by atoms with van der Waals surface area (Å²) in [6.07, 6.45) is 2.60. The Kier molecular flexibility index (Phi) is 3.50. The van der Waals surface area contributed by atoms with Crippen molar-refractivity contribution in [3.8, 4) is 0 Å². The predicted molar refractivity (Wildman–Crippen MR) is 95.6 cm³/mol.